The number of aromatic hydroxyl groups is 3. The third kappa shape index (κ3) is 9.25. The summed E-state index contributed by atoms with van der Waals surface area (Å²) in [5.41, 5.74) is -2.67. The number of phenols is 3. The lowest BCUT2D eigenvalue weighted by molar-refractivity contribution is -0.160. The Hall–Kier alpha value is -6.73. The number of carbonyl (C=O) groups is 3. The number of Topliss-reactive ketones (excluding diaryl/α,β-unsaturated/α-hetero) is 1. The number of benzene rings is 2. The lowest BCUT2D eigenvalue weighted by Crippen LogP contribution is -2.46. The molecule has 23 heteroatoms. The van der Waals surface area contributed by atoms with Crippen molar-refractivity contribution < 1.29 is 78.9 Å². The van der Waals surface area contributed by atoms with Gasteiger partial charge in [-0.2, -0.15) is 9.78 Å². The molecule has 0 unspecified atom stereocenters. The fourth-order valence-corrected chi connectivity index (χ4v) is 9.27. The normalized spacial score (nSPS) is 32.5. The van der Waals surface area contributed by atoms with Crippen LogP contribution in [0.5, 0.6) is 23.0 Å². The highest BCUT2D eigenvalue weighted by Gasteiger charge is 2.50. The van der Waals surface area contributed by atoms with Gasteiger partial charge in [0.2, 0.25) is 0 Å². The van der Waals surface area contributed by atoms with E-state index in [0.717, 1.165) is 25.1 Å². The molecule has 4 aliphatic rings. The average Bonchev–Trinajstić information content (AvgIpc) is 3.98. The Kier molecular flexibility index (Phi) is 14.8. The van der Waals surface area contributed by atoms with Crippen molar-refractivity contribution in [3.8, 4) is 23.0 Å². The van der Waals surface area contributed by atoms with Crippen molar-refractivity contribution in [2.45, 2.75) is 110 Å². The number of aromatic nitrogens is 4. The van der Waals surface area contributed by atoms with Crippen molar-refractivity contribution in [1.29, 1.82) is 0 Å². The minimum Gasteiger partial charge on any atom is -0.507 e. The van der Waals surface area contributed by atoms with Gasteiger partial charge in [-0.25, -0.2) is 9.97 Å². The molecule has 4 aliphatic heterocycles. The third-order valence-electron chi connectivity index (χ3n) is 13.6. The number of phenolic OH excluding ortho intramolecular Hbond substituents is 3. The fraction of sp³-hybridized carbons (Fsp3) is 0.479. The van der Waals surface area contributed by atoms with E-state index in [0.29, 0.717) is 4.68 Å². The molecular formula is C48H58N6O17. The molecule has 8 rings (SSSR count). The first-order valence-corrected chi connectivity index (χ1v) is 22.7. The minimum atomic E-state index is -2.19. The number of esters is 1. The number of imidazole rings is 1. The van der Waals surface area contributed by atoms with Crippen LogP contribution in [0.3, 0.4) is 0 Å². The molecule has 0 aliphatic carbocycles. The van der Waals surface area contributed by atoms with Crippen LogP contribution in [0.15, 0.2) is 58.7 Å². The molecule has 4 aromatic rings. The summed E-state index contributed by atoms with van der Waals surface area (Å²) in [7, 11) is 1.39. The smallest absolute Gasteiger partial charge is 0.312 e. The Morgan fingerprint density at radius 3 is 2.27 bits per heavy atom. The standard InChI is InChI=1S/C48H58N6O17/c1-19-11-10-12-20(2)45(65)52-32-26(15-51-54-18-50-44-33(46(54)66)49-17-53(44)47-40(63)38(61)28(16-55)70-47)37(60)29-30(39(32)62)36(59)24(6)42-31(29)43(64)48(8,71-42)68-14-13-27(67-9)21(3)41(69-25(7)56)23(5)35(58)22(4)34(19)57/h10-15,17-19,21-23,27-28,34-35,38,40-41,47,55,57-63H,16H2,1-9H3,(H,52,65)/b11-10+,14-13+,20-12-,51-15?/t19-,21+,22+,23+,27-,28+,34-,35+,38+,40+,41+,47+,48-/m0/s1. The van der Waals surface area contributed by atoms with E-state index in [1.54, 1.807) is 33.8 Å². The number of carbonyl (C=O) groups excluding carboxylic acids is 3. The number of methoxy groups -OCH3 is 1. The van der Waals surface area contributed by atoms with Gasteiger partial charge in [0.1, 0.15) is 48.0 Å². The molecule has 71 heavy (non-hydrogen) atoms. The maximum atomic E-state index is 14.6. The highest BCUT2D eigenvalue weighted by Crippen LogP contribution is 2.55. The Balaban J connectivity index is 1.38. The van der Waals surface area contributed by atoms with Crippen LogP contribution < -0.4 is 15.6 Å². The number of anilines is 1. The number of rotatable bonds is 6. The molecule has 6 heterocycles. The van der Waals surface area contributed by atoms with E-state index in [1.807, 2.05) is 0 Å². The molecule has 382 valence electrons. The maximum absolute atomic E-state index is 14.6. The Morgan fingerprint density at radius 1 is 0.915 bits per heavy atom. The van der Waals surface area contributed by atoms with Crippen LogP contribution in [0, 0.1) is 30.6 Å². The number of nitrogens with zero attached hydrogens (tertiary/aromatic N) is 5. The summed E-state index contributed by atoms with van der Waals surface area (Å²) < 4.78 is 31.0. The van der Waals surface area contributed by atoms with Crippen molar-refractivity contribution in [3.63, 3.8) is 0 Å². The van der Waals surface area contributed by atoms with Gasteiger partial charge < -0.3 is 69.9 Å². The number of nitrogens with one attached hydrogen (secondary N) is 1. The van der Waals surface area contributed by atoms with E-state index in [1.165, 1.54) is 57.6 Å². The number of hydrogen-bond donors (Lipinski definition) is 9. The van der Waals surface area contributed by atoms with Gasteiger partial charge in [-0.1, -0.05) is 45.9 Å². The summed E-state index contributed by atoms with van der Waals surface area (Å²) in [6.45, 7) is 11.4. The van der Waals surface area contributed by atoms with Crippen LogP contribution in [-0.2, 0) is 28.5 Å². The molecule has 2 aromatic carbocycles. The lowest BCUT2D eigenvalue weighted by Gasteiger charge is -2.38. The van der Waals surface area contributed by atoms with Gasteiger partial charge in [0.15, 0.2) is 23.1 Å². The fourth-order valence-electron chi connectivity index (χ4n) is 9.27. The Morgan fingerprint density at radius 2 is 1.62 bits per heavy atom. The first-order valence-electron chi connectivity index (χ1n) is 22.7. The summed E-state index contributed by atoms with van der Waals surface area (Å²) >= 11 is 0. The Labute approximate surface area is 405 Å². The number of hydrogen-bond acceptors (Lipinski definition) is 20. The Bertz CT molecular complexity index is 2940. The van der Waals surface area contributed by atoms with Gasteiger partial charge in [-0.05, 0) is 19.9 Å². The second-order valence-corrected chi connectivity index (χ2v) is 18.3. The van der Waals surface area contributed by atoms with Gasteiger partial charge in [0, 0.05) is 61.2 Å². The number of allylic oxidation sites excluding steroid dienone is 2. The predicted molar refractivity (Wildman–Crippen MR) is 252 cm³/mol. The van der Waals surface area contributed by atoms with Gasteiger partial charge in [-0.15, -0.1) is 0 Å². The molecule has 5 bridgehead atoms. The molecule has 0 saturated carbocycles. The molecule has 13 atom stereocenters. The van der Waals surface area contributed by atoms with Crippen molar-refractivity contribution >= 4 is 51.5 Å². The molecular weight excluding hydrogens is 933 g/mol. The van der Waals surface area contributed by atoms with Crippen LogP contribution in [0.1, 0.15) is 76.2 Å². The minimum absolute atomic E-state index is 0.0291. The summed E-state index contributed by atoms with van der Waals surface area (Å²) in [6, 6.07) is 0. The van der Waals surface area contributed by atoms with Crippen LogP contribution in [0.2, 0.25) is 0 Å². The molecule has 2 aromatic heterocycles. The molecule has 0 spiro atoms. The number of ketones is 1. The summed E-state index contributed by atoms with van der Waals surface area (Å²) in [5.74, 6) is -9.90. The summed E-state index contributed by atoms with van der Waals surface area (Å²) in [4.78, 5) is 63.1. The number of amides is 1. The van der Waals surface area contributed by atoms with Gasteiger partial charge >= 0.3 is 17.3 Å². The first kappa shape index (κ1) is 52.1. The molecule has 1 fully saturated rings. The van der Waals surface area contributed by atoms with E-state index in [-0.39, 0.29) is 33.6 Å². The van der Waals surface area contributed by atoms with Crippen LogP contribution in [-0.4, -0.2) is 146 Å². The molecule has 23 nitrogen and oxygen atoms in total. The van der Waals surface area contributed by atoms with Gasteiger partial charge in [0.25, 0.3) is 11.7 Å². The van der Waals surface area contributed by atoms with Crippen molar-refractivity contribution in [1.82, 2.24) is 19.2 Å². The second-order valence-electron chi connectivity index (χ2n) is 18.3. The average molecular weight is 991 g/mol. The quantitative estimate of drug-likeness (QED) is 0.0578. The zero-order valence-electron chi connectivity index (χ0n) is 40.2. The van der Waals surface area contributed by atoms with Crippen LogP contribution in [0.4, 0.5) is 5.69 Å². The highest BCUT2D eigenvalue weighted by molar-refractivity contribution is 6.24. The number of ether oxygens (including phenoxy) is 5. The summed E-state index contributed by atoms with van der Waals surface area (Å²) in [6.07, 6.45) is 0.425. The zero-order chi connectivity index (χ0) is 52.1. The number of aliphatic hydroxyl groups is 5. The van der Waals surface area contributed by atoms with Crippen molar-refractivity contribution in [2.75, 3.05) is 19.0 Å². The first-order chi connectivity index (χ1) is 33.5. The second kappa shape index (κ2) is 20.2. The molecule has 1 amide bonds. The SMILES string of the molecule is CO[C@H]1/C=C/O[C@@]2(C)Oc3c(C)c(O)c4c(O)c(c(C=Nn5cnc6c(ncn6[C@@H]6O[C@H](CO)[C@@H](O)[C@H]6O)c5=O)c(O)c4c3C2=O)NC(=O)/C(C)=C\C=C\[C@H](C)[C@H](O)[C@@H](C)[C@@H](O)[C@@H](C)[C@H](OC(C)=O)[C@@H]1C. The third-order valence-corrected chi connectivity index (χ3v) is 13.6. The molecule has 1 saturated heterocycles. The predicted octanol–water partition coefficient (Wildman–Crippen LogP) is 2.15. The number of aliphatic hydroxyl groups excluding tert-OH is 5. The molecule has 0 radical (unpaired) electrons. The molecule has 9 N–H and O–H groups in total. The lowest BCUT2D eigenvalue weighted by atomic mass is 9.78. The van der Waals surface area contributed by atoms with Crippen LogP contribution >= 0.6 is 0 Å². The number of fused-ring (bicyclic) bond motifs is 15. The van der Waals surface area contributed by atoms with E-state index in [9.17, 15) is 60.0 Å². The van der Waals surface area contributed by atoms with E-state index < -0.39 is 148 Å². The largest absolute Gasteiger partial charge is 0.507 e. The summed E-state index contributed by atoms with van der Waals surface area (Å²) in [5, 5.41) is 95.3. The van der Waals surface area contributed by atoms with E-state index >= 15 is 0 Å². The zero-order valence-corrected chi connectivity index (χ0v) is 40.2. The highest BCUT2D eigenvalue weighted by atomic mass is 16.7. The van der Waals surface area contributed by atoms with Crippen molar-refractivity contribution in [2.24, 2.45) is 28.8 Å². The van der Waals surface area contributed by atoms with Gasteiger partial charge in [-0.3, -0.25) is 23.7 Å². The van der Waals surface area contributed by atoms with E-state index in [4.69, 9.17) is 23.7 Å². The maximum Gasteiger partial charge on any atom is 0.312 e. The topological polar surface area (TPSA) is 336 Å². The van der Waals surface area contributed by atoms with Gasteiger partial charge in [0.05, 0.1) is 65.9 Å². The van der Waals surface area contributed by atoms with Crippen molar-refractivity contribution in [3.05, 3.63) is 75.8 Å². The monoisotopic (exact) mass is 990 g/mol. The van der Waals surface area contributed by atoms with E-state index in [2.05, 4.69) is 20.4 Å². The van der Waals surface area contributed by atoms with Crippen LogP contribution in [0.25, 0.3) is 21.9 Å².